The van der Waals surface area contributed by atoms with Crippen LogP contribution in [0, 0.1) is 0 Å². The number of carboxylic acid groups (broad SMARTS) is 1. The van der Waals surface area contributed by atoms with Crippen LogP contribution in [0.5, 0.6) is 0 Å². The molecule has 0 fully saturated rings. The summed E-state index contributed by atoms with van der Waals surface area (Å²) >= 11 is 2.32. The fraction of sp³-hybridized carbons (Fsp3) is 0.308. The van der Waals surface area contributed by atoms with E-state index in [1.807, 2.05) is 0 Å². The van der Waals surface area contributed by atoms with E-state index in [2.05, 4.69) is 60.6 Å². The van der Waals surface area contributed by atoms with Crippen LogP contribution in [0.15, 0.2) is 41.4 Å². The predicted molar refractivity (Wildman–Crippen MR) is 78.3 cm³/mol. The minimum absolute atomic E-state index is 0.833. The third-order valence-corrected chi connectivity index (χ3v) is 11.0. The molecule has 2 nitrogen and oxygen atoms in total. The summed E-state index contributed by atoms with van der Waals surface area (Å²) in [7, 11) is 0. The Hall–Kier alpha value is -0.291. The number of hydrogen-bond donors (Lipinski definition) is 1. The summed E-state index contributed by atoms with van der Waals surface area (Å²) in [6.45, 7) is 7.63. The van der Waals surface area contributed by atoms with E-state index >= 15 is 0 Å². The van der Waals surface area contributed by atoms with E-state index in [4.69, 9.17) is 5.11 Å². The molecule has 0 aliphatic carbocycles. The van der Waals surface area contributed by atoms with E-state index in [0.29, 0.717) is 0 Å². The second-order valence-corrected chi connectivity index (χ2v) is 13.4. The summed E-state index contributed by atoms with van der Waals surface area (Å²) in [4.78, 5) is 9.25. The van der Waals surface area contributed by atoms with Crippen LogP contribution in [-0.4, -0.2) is 30.8 Å². The summed E-state index contributed by atoms with van der Waals surface area (Å²) in [6.07, 6.45) is 0.833. The topological polar surface area (TPSA) is 37.3 Å². The van der Waals surface area contributed by atoms with E-state index in [1.165, 1.54) is 13.3 Å². The van der Waals surface area contributed by atoms with Crippen molar-refractivity contribution in [3.05, 3.63) is 41.4 Å². The zero-order chi connectivity index (χ0) is 13.3. The maximum absolute atomic E-state index is 9.25. The zero-order valence-corrected chi connectivity index (χ0v) is 14.7. The van der Waals surface area contributed by atoms with Crippen LogP contribution in [0.3, 0.4) is 0 Å². The standard InChI is InChI=1S/C6H4Br.C3H4O2.2C2H5.Sn/c7-6-4-2-1-3-5-6;1-2-3(4)5;2*1-2;/h2-5H;2H,1H2,(H,4,5);2*1H2,2H3;. The van der Waals surface area contributed by atoms with Gasteiger partial charge in [0.15, 0.2) is 0 Å². The number of hydrogen-bond acceptors (Lipinski definition) is 1. The van der Waals surface area contributed by atoms with Crippen molar-refractivity contribution >= 4 is 45.2 Å². The van der Waals surface area contributed by atoms with Gasteiger partial charge in [0, 0.05) is 6.08 Å². The molecule has 1 aromatic rings. The van der Waals surface area contributed by atoms with Gasteiger partial charge in [-0.25, -0.2) is 4.79 Å². The van der Waals surface area contributed by atoms with E-state index < -0.39 is 25.7 Å². The molecule has 0 saturated carbocycles. The van der Waals surface area contributed by atoms with Gasteiger partial charge in [-0.05, 0) is 0 Å². The molecule has 0 unspecified atom stereocenters. The molecule has 0 aliphatic heterocycles. The van der Waals surface area contributed by atoms with E-state index in [0.717, 1.165) is 6.08 Å². The number of halogens is 1. The molecule has 0 aromatic heterocycles. The molecule has 0 saturated heterocycles. The van der Waals surface area contributed by atoms with Gasteiger partial charge in [0.2, 0.25) is 0 Å². The average Bonchev–Trinajstić information content (AvgIpc) is 2.34. The second-order valence-electron chi connectivity index (χ2n) is 3.36. The molecule has 17 heavy (non-hydrogen) atoms. The van der Waals surface area contributed by atoms with E-state index in [9.17, 15) is 4.79 Å². The fourth-order valence-electron chi connectivity index (χ4n) is 1.34. The van der Waals surface area contributed by atoms with E-state index in [1.54, 1.807) is 3.58 Å². The van der Waals surface area contributed by atoms with Crippen molar-refractivity contribution in [2.45, 2.75) is 22.7 Å². The molecule has 1 radical (unpaired) electrons. The van der Waals surface area contributed by atoms with Crippen LogP contribution in [-0.2, 0) is 4.79 Å². The Morgan fingerprint density at radius 2 is 1.76 bits per heavy atom. The van der Waals surface area contributed by atoms with Crippen molar-refractivity contribution < 1.29 is 9.90 Å². The van der Waals surface area contributed by atoms with Gasteiger partial charge in [0.1, 0.15) is 0 Å². The Kier molecular flexibility index (Phi) is 9.54. The molecule has 93 valence electrons. The quantitative estimate of drug-likeness (QED) is 0.616. The van der Waals surface area contributed by atoms with Crippen LogP contribution in [0.4, 0.5) is 0 Å². The third-order valence-electron chi connectivity index (χ3n) is 2.28. The van der Waals surface area contributed by atoms with Crippen molar-refractivity contribution in [3.8, 4) is 0 Å². The Morgan fingerprint density at radius 1 is 1.35 bits per heavy atom. The number of benzene rings is 1. The normalized spacial score (nSPS) is 9.41. The Labute approximate surface area is 119 Å². The summed E-state index contributed by atoms with van der Waals surface area (Å²) < 4.78 is 5.72. The summed E-state index contributed by atoms with van der Waals surface area (Å²) in [5, 5.41) is 7.60. The number of aliphatic carboxylic acids is 1. The van der Waals surface area contributed by atoms with Gasteiger partial charge in [-0.2, -0.15) is 0 Å². The zero-order valence-electron chi connectivity index (χ0n) is 10.2. The summed E-state index contributed by atoms with van der Waals surface area (Å²) in [5.41, 5.74) is 0. The molecule has 0 aliphatic rings. The Bertz CT molecular complexity index is 345. The molecule has 1 N–H and O–H groups in total. The van der Waals surface area contributed by atoms with Gasteiger partial charge in [0.25, 0.3) is 0 Å². The molecule has 0 atom stereocenters. The monoisotopic (exact) mass is 405 g/mol. The Morgan fingerprint density at radius 3 is 2.06 bits per heavy atom. The molecule has 0 heterocycles. The fourth-order valence-corrected chi connectivity index (χ4v) is 7.19. The average molecular weight is 405 g/mol. The molecule has 0 bridgehead atoms. The first-order valence-electron chi connectivity index (χ1n) is 5.51. The molecule has 1 aromatic carbocycles. The van der Waals surface area contributed by atoms with Gasteiger partial charge in [-0.3, -0.25) is 0 Å². The minimum atomic E-state index is -1.14. The number of carboxylic acids is 1. The molecule has 1 rings (SSSR count). The summed E-state index contributed by atoms with van der Waals surface area (Å²) in [5.74, 6) is -0.981. The van der Waals surface area contributed by atoms with Crippen LogP contribution in [0.25, 0.3) is 0 Å². The Balaban J connectivity index is 0.000000437. The van der Waals surface area contributed by atoms with Gasteiger partial charge in [-0.1, -0.05) is 6.58 Å². The molecule has 0 spiro atoms. The van der Waals surface area contributed by atoms with Crippen LogP contribution >= 0.6 is 15.9 Å². The van der Waals surface area contributed by atoms with Gasteiger partial charge < -0.3 is 5.11 Å². The maximum atomic E-state index is 9.25. The van der Waals surface area contributed by atoms with Crippen LogP contribution in [0.2, 0.25) is 8.87 Å². The van der Waals surface area contributed by atoms with Crippen LogP contribution in [0.1, 0.15) is 13.8 Å². The predicted octanol–water partition coefficient (Wildman–Crippen LogP) is 3.45. The van der Waals surface area contributed by atoms with Crippen molar-refractivity contribution in [2.75, 3.05) is 0 Å². The molecular weight excluding hydrogens is 387 g/mol. The molecule has 4 heteroatoms. The van der Waals surface area contributed by atoms with Gasteiger partial charge in [-0.15, -0.1) is 0 Å². The van der Waals surface area contributed by atoms with Gasteiger partial charge >= 0.3 is 96.7 Å². The van der Waals surface area contributed by atoms with Crippen molar-refractivity contribution in [2.24, 2.45) is 0 Å². The molecular formula is C13H18BrO2Sn. The molecule has 0 amide bonds. The number of rotatable bonds is 4. The van der Waals surface area contributed by atoms with Crippen molar-refractivity contribution in [3.63, 3.8) is 0 Å². The first-order chi connectivity index (χ1) is 8.04. The van der Waals surface area contributed by atoms with Gasteiger partial charge in [0.05, 0.1) is 0 Å². The number of carbonyl (C=O) groups is 1. The SMILES string of the molecule is C=CC(=O)O.C[CH2][Sn]([CH2]C)[c]1ccc(Br)cc1. The third kappa shape index (κ3) is 7.60. The van der Waals surface area contributed by atoms with E-state index in [-0.39, 0.29) is 0 Å². The first-order valence-corrected chi connectivity index (χ1v) is 11.8. The van der Waals surface area contributed by atoms with Crippen LogP contribution < -0.4 is 3.58 Å². The summed E-state index contributed by atoms with van der Waals surface area (Å²) in [6, 6.07) is 8.93. The first kappa shape index (κ1) is 16.7. The van der Waals surface area contributed by atoms with Crippen molar-refractivity contribution in [1.29, 1.82) is 0 Å². The van der Waals surface area contributed by atoms with Crippen molar-refractivity contribution in [1.82, 2.24) is 0 Å². The second kappa shape index (κ2) is 9.71.